The quantitative estimate of drug-likeness (QED) is 0.668. The highest BCUT2D eigenvalue weighted by atomic mass is 35.5. The number of nitrogens with two attached hydrogens (primary N) is 1. The lowest BCUT2D eigenvalue weighted by Crippen LogP contribution is -2.29. The fraction of sp³-hybridized carbons (Fsp3) is 0.143. The average Bonchev–Trinajstić information content (AvgIpc) is 2.39. The predicted molar refractivity (Wildman–Crippen MR) is 71.7 cm³/mol. The van der Waals surface area contributed by atoms with Gasteiger partial charge < -0.3 is 0 Å². The minimum absolute atomic E-state index is 0.141. The van der Waals surface area contributed by atoms with Gasteiger partial charge in [-0.05, 0) is 30.2 Å². The van der Waals surface area contributed by atoms with E-state index in [-0.39, 0.29) is 5.56 Å². The molecule has 19 heavy (non-hydrogen) atoms. The van der Waals surface area contributed by atoms with Crippen LogP contribution in [0.5, 0.6) is 0 Å². The molecule has 0 radical (unpaired) electrons. The van der Waals surface area contributed by atoms with Crippen LogP contribution in [0.1, 0.15) is 22.7 Å². The van der Waals surface area contributed by atoms with Crippen LogP contribution in [0.2, 0.25) is 5.02 Å². The van der Waals surface area contributed by atoms with Gasteiger partial charge in [0.2, 0.25) is 0 Å². The lowest BCUT2D eigenvalue weighted by Gasteiger charge is -2.18. The van der Waals surface area contributed by atoms with Crippen LogP contribution in [0, 0.1) is 18.6 Å². The first-order valence-corrected chi connectivity index (χ1v) is 6.08. The summed E-state index contributed by atoms with van der Waals surface area (Å²) in [5.41, 5.74) is 4.20. The van der Waals surface area contributed by atoms with Gasteiger partial charge in [-0.3, -0.25) is 5.84 Å². The standard InChI is InChI=1S/C14H13ClF2N2/c1-8-5-6-9(7-11(8)15)14(19-18)10-3-2-4-12(16)13(10)17/h2-7,14,19H,18H2,1H3. The first kappa shape index (κ1) is 13.9. The van der Waals surface area contributed by atoms with E-state index in [2.05, 4.69) is 5.43 Å². The number of hydrogen-bond donors (Lipinski definition) is 2. The van der Waals surface area contributed by atoms with Crippen molar-refractivity contribution in [3.63, 3.8) is 0 Å². The van der Waals surface area contributed by atoms with Crippen LogP contribution in [0.25, 0.3) is 0 Å². The normalized spacial score (nSPS) is 12.5. The fourth-order valence-corrected chi connectivity index (χ4v) is 2.09. The van der Waals surface area contributed by atoms with Crippen molar-refractivity contribution in [3.05, 3.63) is 69.7 Å². The van der Waals surface area contributed by atoms with E-state index >= 15 is 0 Å². The minimum atomic E-state index is -0.915. The van der Waals surface area contributed by atoms with Gasteiger partial charge in [-0.2, -0.15) is 0 Å². The van der Waals surface area contributed by atoms with E-state index in [4.69, 9.17) is 17.4 Å². The molecule has 1 atom stereocenters. The van der Waals surface area contributed by atoms with E-state index in [9.17, 15) is 8.78 Å². The molecule has 5 heteroatoms. The Kier molecular flexibility index (Phi) is 4.14. The fourth-order valence-electron chi connectivity index (χ4n) is 1.90. The maximum Gasteiger partial charge on any atom is 0.163 e. The van der Waals surface area contributed by atoms with Crippen LogP contribution in [0.3, 0.4) is 0 Å². The Balaban J connectivity index is 2.50. The number of benzene rings is 2. The molecule has 2 nitrogen and oxygen atoms in total. The van der Waals surface area contributed by atoms with Gasteiger partial charge >= 0.3 is 0 Å². The molecule has 0 fully saturated rings. The second-order valence-corrected chi connectivity index (χ2v) is 4.66. The SMILES string of the molecule is Cc1ccc(C(NN)c2cccc(F)c2F)cc1Cl. The zero-order valence-corrected chi connectivity index (χ0v) is 11.0. The van der Waals surface area contributed by atoms with Crippen molar-refractivity contribution in [1.82, 2.24) is 5.43 Å². The minimum Gasteiger partial charge on any atom is -0.271 e. The van der Waals surface area contributed by atoms with Gasteiger partial charge in [-0.1, -0.05) is 35.9 Å². The van der Waals surface area contributed by atoms with Crippen molar-refractivity contribution in [2.45, 2.75) is 13.0 Å². The molecule has 2 aromatic rings. The topological polar surface area (TPSA) is 38.0 Å². The molecule has 0 spiro atoms. The van der Waals surface area contributed by atoms with Crippen molar-refractivity contribution in [2.75, 3.05) is 0 Å². The summed E-state index contributed by atoms with van der Waals surface area (Å²) in [4.78, 5) is 0. The van der Waals surface area contributed by atoms with E-state index in [1.54, 1.807) is 18.2 Å². The van der Waals surface area contributed by atoms with Crippen LogP contribution in [-0.4, -0.2) is 0 Å². The zero-order valence-electron chi connectivity index (χ0n) is 10.3. The van der Waals surface area contributed by atoms with Crippen molar-refractivity contribution in [1.29, 1.82) is 0 Å². The molecule has 0 saturated carbocycles. The number of rotatable bonds is 3. The molecule has 2 rings (SSSR count). The van der Waals surface area contributed by atoms with Crippen molar-refractivity contribution >= 4 is 11.6 Å². The molecule has 0 aliphatic heterocycles. The van der Waals surface area contributed by atoms with Crippen LogP contribution in [0.15, 0.2) is 36.4 Å². The molecule has 2 aromatic carbocycles. The number of hydrogen-bond acceptors (Lipinski definition) is 2. The molecule has 0 aliphatic carbocycles. The molecule has 0 amide bonds. The summed E-state index contributed by atoms with van der Waals surface area (Å²) in [6.45, 7) is 1.86. The third kappa shape index (κ3) is 2.76. The number of aryl methyl sites for hydroxylation is 1. The lowest BCUT2D eigenvalue weighted by molar-refractivity contribution is 0.483. The first-order valence-electron chi connectivity index (χ1n) is 5.70. The molecule has 0 heterocycles. The summed E-state index contributed by atoms with van der Waals surface area (Å²) in [6.07, 6.45) is 0. The Morgan fingerprint density at radius 2 is 1.95 bits per heavy atom. The van der Waals surface area contributed by atoms with Gasteiger partial charge in [0.05, 0.1) is 6.04 Å². The number of hydrazine groups is 1. The molecule has 1 unspecified atom stereocenters. The molecular formula is C14H13ClF2N2. The smallest absolute Gasteiger partial charge is 0.163 e. The predicted octanol–water partition coefficient (Wildman–Crippen LogP) is 3.48. The van der Waals surface area contributed by atoms with Crippen LogP contribution in [-0.2, 0) is 0 Å². The number of nitrogens with one attached hydrogen (secondary N) is 1. The van der Waals surface area contributed by atoms with E-state index in [1.165, 1.54) is 12.1 Å². The molecular weight excluding hydrogens is 270 g/mol. The summed E-state index contributed by atoms with van der Waals surface area (Å²) in [5.74, 6) is 3.64. The molecule has 0 bridgehead atoms. The molecule has 3 N–H and O–H groups in total. The molecule has 100 valence electrons. The second kappa shape index (κ2) is 5.65. The van der Waals surface area contributed by atoms with E-state index in [0.29, 0.717) is 10.6 Å². The van der Waals surface area contributed by atoms with Gasteiger partial charge in [0.15, 0.2) is 11.6 Å². The Morgan fingerprint density at radius 1 is 1.21 bits per heavy atom. The van der Waals surface area contributed by atoms with Gasteiger partial charge in [-0.25, -0.2) is 14.2 Å². The van der Waals surface area contributed by atoms with E-state index < -0.39 is 17.7 Å². The monoisotopic (exact) mass is 282 g/mol. The van der Waals surface area contributed by atoms with Gasteiger partial charge in [0.1, 0.15) is 0 Å². The maximum atomic E-state index is 13.8. The third-order valence-electron chi connectivity index (χ3n) is 2.99. The molecule has 0 aromatic heterocycles. The Morgan fingerprint density at radius 3 is 2.58 bits per heavy atom. The van der Waals surface area contributed by atoms with Crippen molar-refractivity contribution < 1.29 is 8.78 Å². The van der Waals surface area contributed by atoms with Crippen LogP contribution in [0.4, 0.5) is 8.78 Å². The van der Waals surface area contributed by atoms with Crippen molar-refractivity contribution in [3.8, 4) is 0 Å². The number of halogens is 3. The first-order chi connectivity index (χ1) is 9.04. The maximum absolute atomic E-state index is 13.8. The van der Waals surface area contributed by atoms with Gasteiger partial charge in [-0.15, -0.1) is 0 Å². The summed E-state index contributed by atoms with van der Waals surface area (Å²) in [5, 5.41) is 0.551. The summed E-state index contributed by atoms with van der Waals surface area (Å²) in [6, 6.07) is 8.59. The van der Waals surface area contributed by atoms with E-state index in [0.717, 1.165) is 11.6 Å². The van der Waals surface area contributed by atoms with Gasteiger partial charge in [0, 0.05) is 10.6 Å². The molecule has 0 aliphatic rings. The molecule has 0 saturated heterocycles. The summed E-state index contributed by atoms with van der Waals surface area (Å²) < 4.78 is 27.1. The van der Waals surface area contributed by atoms with Crippen LogP contribution >= 0.6 is 11.6 Å². The van der Waals surface area contributed by atoms with Crippen molar-refractivity contribution in [2.24, 2.45) is 5.84 Å². The highest BCUT2D eigenvalue weighted by molar-refractivity contribution is 6.31. The Labute approximate surface area is 115 Å². The average molecular weight is 283 g/mol. The highest BCUT2D eigenvalue weighted by Gasteiger charge is 2.19. The Hall–Kier alpha value is -1.49. The van der Waals surface area contributed by atoms with E-state index in [1.807, 2.05) is 6.92 Å². The van der Waals surface area contributed by atoms with Gasteiger partial charge in [0.25, 0.3) is 0 Å². The summed E-state index contributed by atoms with van der Waals surface area (Å²) >= 11 is 6.04. The third-order valence-corrected chi connectivity index (χ3v) is 3.40. The highest BCUT2D eigenvalue weighted by Crippen LogP contribution is 2.28. The second-order valence-electron chi connectivity index (χ2n) is 4.25. The zero-order chi connectivity index (χ0) is 14.0. The largest absolute Gasteiger partial charge is 0.271 e. The lowest BCUT2D eigenvalue weighted by atomic mass is 9.98. The van der Waals surface area contributed by atoms with Crippen LogP contribution < -0.4 is 11.3 Å². The Bertz CT molecular complexity index is 602. The summed E-state index contributed by atoms with van der Waals surface area (Å²) in [7, 11) is 0.